The molecule has 0 aliphatic heterocycles. The molecule has 0 aromatic carbocycles. The van der Waals surface area contributed by atoms with E-state index >= 15 is 0 Å². The molecule has 0 amide bonds. The Morgan fingerprint density at radius 2 is 2.17 bits per heavy atom. The molecule has 0 bridgehead atoms. The van der Waals surface area contributed by atoms with Crippen molar-refractivity contribution >= 4 is 22.6 Å². The zero-order valence-electron chi connectivity index (χ0n) is 10.1. The minimum absolute atomic E-state index is 0.147. The number of hydrogen-bond acceptors (Lipinski definition) is 5. The highest BCUT2D eigenvalue weighted by Crippen LogP contribution is 2.23. The molecule has 0 radical (unpaired) electrons. The fourth-order valence-electron chi connectivity index (χ4n) is 1.56. The van der Waals surface area contributed by atoms with Gasteiger partial charge in [0.2, 0.25) is 11.2 Å². The Labute approximate surface area is 109 Å². The average Bonchev–Trinajstić information content (AvgIpc) is 2.76. The Morgan fingerprint density at radius 1 is 1.33 bits per heavy atom. The molecule has 0 fully saturated rings. The van der Waals surface area contributed by atoms with E-state index in [0.717, 1.165) is 5.52 Å². The second-order valence-corrected chi connectivity index (χ2v) is 3.83. The molecule has 0 aliphatic carbocycles. The Morgan fingerprint density at radius 3 is 2.89 bits per heavy atom. The maximum atomic E-state index is 5.79. The van der Waals surface area contributed by atoms with E-state index in [9.17, 15) is 0 Å². The van der Waals surface area contributed by atoms with Gasteiger partial charge in [0.1, 0.15) is 11.0 Å². The number of nitrogens with zero attached hydrogens (tertiary/aromatic N) is 4. The zero-order valence-corrected chi connectivity index (χ0v) is 10.9. The van der Waals surface area contributed by atoms with Crippen molar-refractivity contribution in [3.05, 3.63) is 23.6 Å². The molecule has 0 N–H and O–H groups in total. The van der Waals surface area contributed by atoms with Crippen LogP contribution < -0.4 is 4.74 Å². The number of methoxy groups -OCH3 is 2. The van der Waals surface area contributed by atoms with Gasteiger partial charge >= 0.3 is 0 Å². The van der Waals surface area contributed by atoms with Crippen molar-refractivity contribution in [3.63, 3.8) is 0 Å². The molecule has 6 nitrogen and oxygen atoms in total. The van der Waals surface area contributed by atoms with Crippen LogP contribution in [0.4, 0.5) is 0 Å². The molecule has 0 saturated carbocycles. The summed E-state index contributed by atoms with van der Waals surface area (Å²) in [4.78, 5) is 8.11. The number of aromatic nitrogens is 4. The molecule has 0 unspecified atom stereocenters. The second kappa shape index (κ2) is 5.79. The first-order valence-corrected chi connectivity index (χ1v) is 5.71. The van der Waals surface area contributed by atoms with Crippen LogP contribution in [0.15, 0.2) is 18.3 Å². The van der Waals surface area contributed by atoms with E-state index in [2.05, 4.69) is 15.1 Å². The normalized spacial score (nSPS) is 11.5. The maximum absolute atomic E-state index is 5.79. The van der Waals surface area contributed by atoms with Gasteiger partial charge in [-0.1, -0.05) is 12.2 Å². The summed E-state index contributed by atoms with van der Waals surface area (Å²) in [7, 11) is 3.18. The monoisotopic (exact) mass is 268 g/mol. The van der Waals surface area contributed by atoms with Gasteiger partial charge in [-0.3, -0.25) is 4.68 Å². The summed E-state index contributed by atoms with van der Waals surface area (Å²) in [6.45, 7) is 1.16. The maximum Gasteiger partial charge on any atom is 0.244 e. The summed E-state index contributed by atoms with van der Waals surface area (Å²) in [6.07, 6.45) is 5.50. The molecular formula is C11H13ClN4O2. The lowest BCUT2D eigenvalue weighted by molar-refractivity contribution is 0.233. The van der Waals surface area contributed by atoms with Crippen molar-refractivity contribution in [1.82, 2.24) is 19.7 Å². The highest BCUT2D eigenvalue weighted by atomic mass is 35.5. The van der Waals surface area contributed by atoms with Gasteiger partial charge in [0.05, 0.1) is 26.5 Å². The van der Waals surface area contributed by atoms with E-state index < -0.39 is 0 Å². The van der Waals surface area contributed by atoms with Crippen molar-refractivity contribution in [3.8, 4) is 5.88 Å². The first-order chi connectivity index (χ1) is 8.76. The van der Waals surface area contributed by atoms with E-state index in [1.807, 2.05) is 12.2 Å². The van der Waals surface area contributed by atoms with Gasteiger partial charge < -0.3 is 9.47 Å². The predicted octanol–water partition coefficient (Wildman–Crippen LogP) is 1.69. The van der Waals surface area contributed by atoms with Gasteiger partial charge in [-0.2, -0.15) is 10.1 Å². The minimum Gasteiger partial charge on any atom is -0.479 e. The Bertz CT molecular complexity index is 567. The number of allylic oxidation sites excluding steroid dienone is 1. The summed E-state index contributed by atoms with van der Waals surface area (Å²) < 4.78 is 11.9. The van der Waals surface area contributed by atoms with Crippen molar-refractivity contribution in [2.75, 3.05) is 20.8 Å². The summed E-state index contributed by atoms with van der Waals surface area (Å²) in [6, 6.07) is 0. The molecule has 96 valence electrons. The fourth-order valence-corrected chi connectivity index (χ4v) is 1.73. The molecule has 2 rings (SSSR count). The van der Waals surface area contributed by atoms with E-state index in [1.54, 1.807) is 18.0 Å². The van der Waals surface area contributed by atoms with Crippen molar-refractivity contribution in [2.45, 2.75) is 6.54 Å². The van der Waals surface area contributed by atoms with E-state index in [-0.39, 0.29) is 5.28 Å². The van der Waals surface area contributed by atoms with Gasteiger partial charge in [-0.05, 0) is 11.6 Å². The summed E-state index contributed by atoms with van der Waals surface area (Å²) in [5.74, 6) is 0.419. The first kappa shape index (κ1) is 12.8. The molecule has 18 heavy (non-hydrogen) atoms. The molecule has 2 aromatic heterocycles. The summed E-state index contributed by atoms with van der Waals surface area (Å²) in [5.41, 5.74) is 1.39. The van der Waals surface area contributed by atoms with Crippen LogP contribution in [0.5, 0.6) is 5.88 Å². The molecule has 0 saturated heterocycles. The molecule has 2 heterocycles. The third kappa shape index (κ3) is 2.60. The molecule has 7 heteroatoms. The van der Waals surface area contributed by atoms with Gasteiger partial charge in [0.15, 0.2) is 0 Å². The number of ether oxygens (including phenoxy) is 2. The lowest BCUT2D eigenvalue weighted by atomic mass is 10.4. The third-order valence-corrected chi connectivity index (χ3v) is 2.50. The van der Waals surface area contributed by atoms with Crippen LogP contribution in [0.3, 0.4) is 0 Å². The van der Waals surface area contributed by atoms with E-state index in [1.165, 1.54) is 7.11 Å². The average molecular weight is 269 g/mol. The second-order valence-electron chi connectivity index (χ2n) is 3.49. The predicted molar refractivity (Wildman–Crippen MR) is 67.9 cm³/mol. The number of hydrogen-bond donors (Lipinski definition) is 0. The largest absolute Gasteiger partial charge is 0.479 e. The van der Waals surface area contributed by atoms with Crippen LogP contribution in [-0.4, -0.2) is 40.6 Å². The third-order valence-electron chi connectivity index (χ3n) is 2.33. The lowest BCUT2D eigenvalue weighted by Crippen LogP contribution is -2.01. The van der Waals surface area contributed by atoms with E-state index in [4.69, 9.17) is 21.1 Å². The van der Waals surface area contributed by atoms with Crippen molar-refractivity contribution < 1.29 is 9.47 Å². The highest BCUT2D eigenvalue weighted by Gasteiger charge is 2.12. The quantitative estimate of drug-likeness (QED) is 0.610. The summed E-state index contributed by atoms with van der Waals surface area (Å²) in [5, 5.41) is 4.37. The Kier molecular flexibility index (Phi) is 4.11. The van der Waals surface area contributed by atoms with Crippen LogP contribution in [-0.2, 0) is 11.3 Å². The van der Waals surface area contributed by atoms with Crippen molar-refractivity contribution in [2.24, 2.45) is 0 Å². The zero-order chi connectivity index (χ0) is 13.0. The topological polar surface area (TPSA) is 62.1 Å². The van der Waals surface area contributed by atoms with Gasteiger partial charge in [0, 0.05) is 7.11 Å². The van der Waals surface area contributed by atoms with Gasteiger partial charge in [-0.25, -0.2) is 4.98 Å². The Balaban J connectivity index is 2.34. The van der Waals surface area contributed by atoms with Crippen LogP contribution in [0.1, 0.15) is 0 Å². The minimum atomic E-state index is 0.147. The fraction of sp³-hybridized carbons (Fsp3) is 0.364. The van der Waals surface area contributed by atoms with Crippen LogP contribution >= 0.6 is 11.6 Å². The van der Waals surface area contributed by atoms with Gasteiger partial charge in [-0.15, -0.1) is 0 Å². The molecule has 0 spiro atoms. The Hall–Kier alpha value is -1.66. The molecule has 0 atom stereocenters. The number of fused-ring (bicyclic) bond motifs is 1. The molecular weight excluding hydrogens is 256 g/mol. The number of halogens is 1. The van der Waals surface area contributed by atoms with Crippen molar-refractivity contribution in [1.29, 1.82) is 0 Å². The van der Waals surface area contributed by atoms with E-state index in [0.29, 0.717) is 24.5 Å². The van der Waals surface area contributed by atoms with Crippen LogP contribution in [0, 0.1) is 0 Å². The van der Waals surface area contributed by atoms with Gasteiger partial charge in [0.25, 0.3) is 0 Å². The highest BCUT2D eigenvalue weighted by molar-refractivity contribution is 6.28. The van der Waals surface area contributed by atoms with Crippen LogP contribution in [0.25, 0.3) is 11.0 Å². The summed E-state index contributed by atoms with van der Waals surface area (Å²) >= 11 is 5.79. The SMILES string of the molecule is COCC=CCn1ncc2nc(Cl)nc(OC)c21. The first-order valence-electron chi connectivity index (χ1n) is 5.33. The molecule has 0 aliphatic rings. The molecule has 2 aromatic rings. The smallest absolute Gasteiger partial charge is 0.244 e. The standard InChI is InChI=1S/C11H13ClN4O2/c1-17-6-4-3-5-16-9-8(7-13-16)14-11(12)15-10(9)18-2/h3-4,7H,5-6H2,1-2H3. The number of rotatable bonds is 5. The van der Waals surface area contributed by atoms with Crippen LogP contribution in [0.2, 0.25) is 5.28 Å². The lowest BCUT2D eigenvalue weighted by Gasteiger charge is -2.04.